The number of carbonyl (C=O) groups excluding carboxylic acids is 2. The average Bonchev–Trinajstić information content (AvgIpc) is 3.06. The number of hydrogen-bond donors (Lipinski definition) is 1. The van der Waals surface area contributed by atoms with Crippen molar-refractivity contribution in [2.75, 3.05) is 12.0 Å². The van der Waals surface area contributed by atoms with E-state index >= 15 is 0 Å². The van der Waals surface area contributed by atoms with Gasteiger partial charge in [0.05, 0.1) is 18.7 Å². The molecule has 1 aliphatic rings. The number of ether oxygens (including phenoxy) is 1. The first-order valence-corrected chi connectivity index (χ1v) is 9.85. The number of nitrogens with zero attached hydrogens (tertiary/aromatic N) is 2. The van der Waals surface area contributed by atoms with Gasteiger partial charge in [0.2, 0.25) is 0 Å². The number of aryl methyl sites for hydroxylation is 1. The molecule has 1 aromatic heterocycles. The Balaban J connectivity index is 1.97. The third-order valence-corrected chi connectivity index (χ3v) is 5.65. The van der Waals surface area contributed by atoms with Crippen molar-refractivity contribution in [1.82, 2.24) is 4.98 Å². The molecule has 1 unspecified atom stereocenters. The monoisotopic (exact) mass is 414 g/mol. The number of aliphatic hydroxyl groups excluding tert-OH is 1. The quantitative estimate of drug-likeness (QED) is 0.390. The lowest BCUT2D eigenvalue weighted by Gasteiger charge is -2.27. The molecule has 0 bridgehead atoms. The molecule has 6 nitrogen and oxygen atoms in total. The predicted molar refractivity (Wildman–Crippen MR) is 118 cm³/mol. The Hall–Kier alpha value is -3.93. The molecule has 156 valence electrons. The molecular weight excluding hydrogens is 392 g/mol. The van der Waals surface area contributed by atoms with Gasteiger partial charge in [0, 0.05) is 23.6 Å². The lowest BCUT2D eigenvalue weighted by molar-refractivity contribution is -0.132. The van der Waals surface area contributed by atoms with Crippen LogP contribution >= 0.6 is 0 Å². The van der Waals surface area contributed by atoms with Gasteiger partial charge in [-0.25, -0.2) is 0 Å². The fourth-order valence-corrected chi connectivity index (χ4v) is 3.86. The Kier molecular flexibility index (Phi) is 5.29. The number of anilines is 1. The fourth-order valence-electron chi connectivity index (χ4n) is 3.86. The number of Topliss-reactive ketones (excluding diaryl/α,β-unsaturated/α-hetero) is 1. The molecule has 1 atom stereocenters. The molecule has 2 aromatic carbocycles. The number of pyridine rings is 1. The average molecular weight is 414 g/mol. The number of carbonyl (C=O) groups is 2. The van der Waals surface area contributed by atoms with E-state index in [1.54, 1.807) is 48.8 Å². The summed E-state index contributed by atoms with van der Waals surface area (Å²) in [5.41, 5.74) is 3.64. The molecule has 31 heavy (non-hydrogen) atoms. The zero-order valence-corrected chi connectivity index (χ0v) is 17.5. The van der Waals surface area contributed by atoms with Crippen LogP contribution in [0.2, 0.25) is 0 Å². The van der Waals surface area contributed by atoms with Gasteiger partial charge in [-0.15, -0.1) is 0 Å². The number of hydrogen-bond acceptors (Lipinski definition) is 5. The van der Waals surface area contributed by atoms with Crippen LogP contribution in [0, 0.1) is 13.8 Å². The smallest absolute Gasteiger partial charge is 0.300 e. The van der Waals surface area contributed by atoms with Crippen molar-refractivity contribution in [3.05, 3.63) is 94.8 Å². The van der Waals surface area contributed by atoms with E-state index in [-0.39, 0.29) is 11.3 Å². The van der Waals surface area contributed by atoms with Crippen LogP contribution < -0.4 is 9.64 Å². The largest absolute Gasteiger partial charge is 0.507 e. The van der Waals surface area contributed by atoms with Gasteiger partial charge in [-0.2, -0.15) is 0 Å². The molecule has 0 aliphatic carbocycles. The van der Waals surface area contributed by atoms with E-state index in [1.165, 1.54) is 12.0 Å². The van der Waals surface area contributed by atoms with Crippen molar-refractivity contribution in [2.24, 2.45) is 0 Å². The highest BCUT2D eigenvalue weighted by molar-refractivity contribution is 6.51. The zero-order chi connectivity index (χ0) is 22.1. The Bertz CT molecular complexity index is 1200. The molecule has 2 heterocycles. The summed E-state index contributed by atoms with van der Waals surface area (Å²) in [7, 11) is 1.52. The molecule has 1 N–H and O–H groups in total. The number of methoxy groups -OCH3 is 1. The van der Waals surface area contributed by atoms with Crippen LogP contribution in [0.15, 0.2) is 72.6 Å². The van der Waals surface area contributed by atoms with Crippen LogP contribution in [0.25, 0.3) is 5.76 Å². The second-order valence-corrected chi connectivity index (χ2v) is 7.40. The van der Waals surface area contributed by atoms with E-state index in [0.29, 0.717) is 22.6 Å². The third kappa shape index (κ3) is 3.46. The lowest BCUT2D eigenvalue weighted by atomic mass is 9.95. The topological polar surface area (TPSA) is 79.7 Å². The van der Waals surface area contributed by atoms with Crippen LogP contribution in [0.4, 0.5) is 5.69 Å². The van der Waals surface area contributed by atoms with Crippen molar-refractivity contribution >= 4 is 23.1 Å². The Morgan fingerprint density at radius 2 is 1.74 bits per heavy atom. The number of ketones is 1. The minimum atomic E-state index is -0.783. The second-order valence-electron chi connectivity index (χ2n) is 7.40. The second kappa shape index (κ2) is 8.07. The molecule has 3 aromatic rings. The third-order valence-electron chi connectivity index (χ3n) is 5.65. The molecule has 0 spiro atoms. The fraction of sp³-hybridized carbons (Fsp3) is 0.160. The van der Waals surface area contributed by atoms with E-state index in [2.05, 4.69) is 4.98 Å². The van der Waals surface area contributed by atoms with Gasteiger partial charge < -0.3 is 9.84 Å². The molecular formula is C25H22N2O4. The first kappa shape index (κ1) is 20.3. The summed E-state index contributed by atoms with van der Waals surface area (Å²) in [4.78, 5) is 31.9. The summed E-state index contributed by atoms with van der Waals surface area (Å²) in [6, 6.07) is 15.1. The van der Waals surface area contributed by atoms with Crippen molar-refractivity contribution < 1.29 is 19.4 Å². The van der Waals surface area contributed by atoms with Gasteiger partial charge in [-0.3, -0.25) is 19.5 Å². The number of rotatable bonds is 4. The van der Waals surface area contributed by atoms with E-state index < -0.39 is 17.7 Å². The maximum absolute atomic E-state index is 13.2. The summed E-state index contributed by atoms with van der Waals surface area (Å²) in [6.45, 7) is 3.86. The van der Waals surface area contributed by atoms with Gasteiger partial charge in [-0.1, -0.05) is 24.3 Å². The highest BCUT2D eigenvalue weighted by atomic mass is 16.5. The summed E-state index contributed by atoms with van der Waals surface area (Å²) in [5.74, 6) is -1.12. The van der Waals surface area contributed by atoms with Crippen molar-refractivity contribution in [1.29, 1.82) is 0 Å². The maximum atomic E-state index is 13.2. The van der Waals surface area contributed by atoms with Gasteiger partial charge in [0.15, 0.2) is 0 Å². The number of benzene rings is 2. The highest BCUT2D eigenvalue weighted by Crippen LogP contribution is 2.43. The van der Waals surface area contributed by atoms with Crippen LogP contribution in [0.1, 0.15) is 28.3 Å². The first-order chi connectivity index (χ1) is 14.9. The van der Waals surface area contributed by atoms with Gasteiger partial charge >= 0.3 is 0 Å². The van der Waals surface area contributed by atoms with E-state index in [9.17, 15) is 14.7 Å². The minimum absolute atomic E-state index is 0.0327. The van der Waals surface area contributed by atoms with E-state index in [4.69, 9.17) is 4.74 Å². The highest BCUT2D eigenvalue weighted by Gasteiger charge is 2.47. The van der Waals surface area contributed by atoms with Gasteiger partial charge in [0.25, 0.3) is 11.7 Å². The van der Waals surface area contributed by atoms with Crippen LogP contribution in [-0.2, 0) is 9.59 Å². The van der Waals surface area contributed by atoms with Crippen molar-refractivity contribution in [3.8, 4) is 5.75 Å². The molecule has 1 saturated heterocycles. The molecule has 0 saturated carbocycles. The zero-order valence-electron chi connectivity index (χ0n) is 17.5. The molecule has 6 heteroatoms. The number of aromatic nitrogens is 1. The SMILES string of the molecule is COc1cccc(/C(O)=C2\C(=O)C(=O)N(c3cccc(C)c3C)C2c2ccncc2)c1. The van der Waals surface area contributed by atoms with Gasteiger partial charge in [-0.05, 0) is 60.9 Å². The maximum Gasteiger partial charge on any atom is 0.300 e. The van der Waals surface area contributed by atoms with Crippen molar-refractivity contribution in [2.45, 2.75) is 19.9 Å². The van der Waals surface area contributed by atoms with E-state index in [0.717, 1.165) is 11.1 Å². The Morgan fingerprint density at radius 1 is 1.03 bits per heavy atom. The van der Waals surface area contributed by atoms with E-state index in [1.807, 2.05) is 32.0 Å². The summed E-state index contributed by atoms with van der Waals surface area (Å²) in [6.07, 6.45) is 3.20. The van der Waals surface area contributed by atoms with Crippen LogP contribution in [0.5, 0.6) is 5.75 Å². The first-order valence-electron chi connectivity index (χ1n) is 9.85. The van der Waals surface area contributed by atoms with Crippen molar-refractivity contribution in [3.63, 3.8) is 0 Å². The lowest BCUT2D eigenvalue weighted by Crippen LogP contribution is -2.30. The molecule has 1 fully saturated rings. The summed E-state index contributed by atoms with van der Waals surface area (Å²) in [5, 5.41) is 11.2. The Labute approximate surface area is 180 Å². The summed E-state index contributed by atoms with van der Waals surface area (Å²) >= 11 is 0. The minimum Gasteiger partial charge on any atom is -0.507 e. The number of aliphatic hydroxyl groups is 1. The Morgan fingerprint density at radius 3 is 2.45 bits per heavy atom. The molecule has 0 radical (unpaired) electrons. The molecule has 1 aliphatic heterocycles. The van der Waals surface area contributed by atoms with Gasteiger partial charge in [0.1, 0.15) is 11.5 Å². The van der Waals surface area contributed by atoms with Crippen LogP contribution in [0.3, 0.4) is 0 Å². The predicted octanol–water partition coefficient (Wildman–Crippen LogP) is 4.33. The molecule has 1 amide bonds. The normalized spacial score (nSPS) is 17.8. The van der Waals surface area contributed by atoms with Crippen LogP contribution in [-0.4, -0.2) is 28.9 Å². The summed E-state index contributed by atoms with van der Waals surface area (Å²) < 4.78 is 5.24. The number of amides is 1. The molecule has 4 rings (SSSR count). The standard InChI is InChI=1S/C25H22N2O4/c1-15-6-4-9-20(16(15)2)27-22(17-10-12-26-13-11-17)21(24(29)25(27)30)23(28)18-7-5-8-19(14-18)31-3/h4-14,22,28H,1-3H3/b23-21+.